The molecule has 2 rings (SSSR count). The second-order valence-electron chi connectivity index (χ2n) is 7.15. The van der Waals surface area contributed by atoms with E-state index in [4.69, 9.17) is 0 Å². The molecule has 0 unspecified atom stereocenters. The van der Waals surface area contributed by atoms with Crippen molar-refractivity contribution in [1.82, 2.24) is 9.97 Å². The lowest BCUT2D eigenvalue weighted by Gasteiger charge is -2.33. The van der Waals surface area contributed by atoms with Crippen LogP contribution in [0.2, 0.25) is 0 Å². The number of nitriles is 1. The van der Waals surface area contributed by atoms with Crippen LogP contribution >= 0.6 is 0 Å². The van der Waals surface area contributed by atoms with Crippen molar-refractivity contribution in [3.8, 4) is 6.07 Å². The maximum absolute atomic E-state index is 9.77. The lowest BCUT2D eigenvalue weighted by molar-refractivity contribution is 0.253. The molecule has 1 heterocycles. The fraction of sp³-hybridized carbons (Fsp3) is 0.750. The lowest BCUT2D eigenvalue weighted by atomic mass is 9.69. The molecule has 1 aromatic heterocycles. The number of hydrogen-bond donors (Lipinski definition) is 0. The Balaban J connectivity index is 1.92. The van der Waals surface area contributed by atoms with Gasteiger partial charge < -0.3 is 0 Å². The molecule has 1 aliphatic carbocycles. The van der Waals surface area contributed by atoms with Gasteiger partial charge >= 0.3 is 0 Å². The van der Waals surface area contributed by atoms with E-state index < -0.39 is 5.41 Å². The van der Waals surface area contributed by atoms with E-state index in [-0.39, 0.29) is 0 Å². The number of unbranched alkanes of at least 4 members (excludes halogenated alkanes) is 3. The van der Waals surface area contributed by atoms with E-state index >= 15 is 0 Å². The summed E-state index contributed by atoms with van der Waals surface area (Å²) < 4.78 is 0. The molecular weight excluding hydrogens is 282 g/mol. The van der Waals surface area contributed by atoms with E-state index in [2.05, 4.69) is 29.9 Å². The Morgan fingerprint density at radius 3 is 2.35 bits per heavy atom. The second-order valence-corrected chi connectivity index (χ2v) is 7.15. The fourth-order valence-electron chi connectivity index (χ4n) is 3.72. The van der Waals surface area contributed by atoms with Crippen LogP contribution in [0.25, 0.3) is 0 Å². The van der Waals surface area contributed by atoms with Gasteiger partial charge in [0.25, 0.3) is 0 Å². The fourth-order valence-corrected chi connectivity index (χ4v) is 3.72. The normalized spacial score (nSPS) is 24.3. The summed E-state index contributed by atoms with van der Waals surface area (Å²) in [6.45, 7) is 4.42. The third-order valence-electron chi connectivity index (χ3n) is 5.31. The van der Waals surface area contributed by atoms with Gasteiger partial charge in [0, 0.05) is 12.4 Å². The molecule has 0 spiro atoms. The summed E-state index contributed by atoms with van der Waals surface area (Å²) in [7, 11) is 0. The average molecular weight is 313 g/mol. The van der Waals surface area contributed by atoms with Crippen LogP contribution in [0.15, 0.2) is 12.4 Å². The number of aromatic nitrogens is 2. The number of nitrogens with zero attached hydrogens (tertiary/aromatic N) is 3. The zero-order valence-corrected chi connectivity index (χ0v) is 14.9. The molecule has 0 amide bonds. The third kappa shape index (κ3) is 4.77. The molecule has 0 aliphatic heterocycles. The van der Waals surface area contributed by atoms with Gasteiger partial charge in [-0.1, -0.05) is 52.4 Å². The summed E-state index contributed by atoms with van der Waals surface area (Å²) in [5.74, 6) is 1.55. The summed E-state index contributed by atoms with van der Waals surface area (Å²) in [6, 6.07) is 2.56. The molecule has 0 saturated heterocycles. The Bertz CT molecular complexity index is 493. The first-order valence-electron chi connectivity index (χ1n) is 9.46. The first-order valence-corrected chi connectivity index (χ1v) is 9.46. The van der Waals surface area contributed by atoms with Gasteiger partial charge in [-0.3, -0.25) is 0 Å². The highest BCUT2D eigenvalue weighted by atomic mass is 14.9. The SMILES string of the molecule is CCCCCC[C@H]1CC[C@@](C#N)(c2ncc(CCC)cn2)CC1. The molecule has 0 radical (unpaired) electrons. The highest BCUT2D eigenvalue weighted by molar-refractivity contribution is 5.22. The molecule has 0 N–H and O–H groups in total. The molecule has 126 valence electrons. The lowest BCUT2D eigenvalue weighted by Crippen LogP contribution is -2.32. The van der Waals surface area contributed by atoms with Crippen LogP contribution < -0.4 is 0 Å². The molecular formula is C20H31N3. The van der Waals surface area contributed by atoms with Crippen LogP contribution in [0.1, 0.15) is 89.4 Å². The minimum absolute atomic E-state index is 0.440. The Hall–Kier alpha value is -1.43. The van der Waals surface area contributed by atoms with Crippen molar-refractivity contribution in [3.63, 3.8) is 0 Å². The van der Waals surface area contributed by atoms with Gasteiger partial charge in [-0.05, 0) is 43.6 Å². The summed E-state index contributed by atoms with van der Waals surface area (Å²) in [6.07, 6.45) is 16.8. The van der Waals surface area contributed by atoms with Crippen LogP contribution in [0.4, 0.5) is 0 Å². The van der Waals surface area contributed by atoms with Gasteiger partial charge in [0.05, 0.1) is 6.07 Å². The van der Waals surface area contributed by atoms with Crippen LogP contribution in [-0.2, 0) is 11.8 Å². The molecule has 0 bridgehead atoms. The third-order valence-corrected chi connectivity index (χ3v) is 5.31. The Kier molecular flexibility index (Phi) is 7.02. The quantitative estimate of drug-likeness (QED) is 0.608. The highest BCUT2D eigenvalue weighted by Crippen LogP contribution is 2.41. The predicted octanol–water partition coefficient (Wildman–Crippen LogP) is 5.35. The zero-order valence-electron chi connectivity index (χ0n) is 14.9. The van der Waals surface area contributed by atoms with Crippen molar-refractivity contribution in [2.75, 3.05) is 0 Å². The van der Waals surface area contributed by atoms with Gasteiger partial charge in [-0.25, -0.2) is 9.97 Å². The van der Waals surface area contributed by atoms with Crippen molar-refractivity contribution >= 4 is 0 Å². The topological polar surface area (TPSA) is 49.6 Å². The monoisotopic (exact) mass is 313 g/mol. The van der Waals surface area contributed by atoms with Gasteiger partial charge in [-0.2, -0.15) is 5.26 Å². The van der Waals surface area contributed by atoms with Gasteiger partial charge in [0.2, 0.25) is 0 Å². The minimum atomic E-state index is -0.440. The van der Waals surface area contributed by atoms with Crippen molar-refractivity contribution in [2.24, 2.45) is 5.92 Å². The summed E-state index contributed by atoms with van der Waals surface area (Å²) in [5, 5.41) is 9.77. The maximum Gasteiger partial charge on any atom is 0.148 e. The molecule has 3 heteroatoms. The molecule has 1 aromatic rings. The molecule has 3 nitrogen and oxygen atoms in total. The van der Waals surface area contributed by atoms with E-state index in [0.29, 0.717) is 0 Å². The molecule has 1 aliphatic rings. The largest absolute Gasteiger partial charge is 0.239 e. The smallest absolute Gasteiger partial charge is 0.148 e. The van der Waals surface area contributed by atoms with Crippen molar-refractivity contribution in [2.45, 2.75) is 89.9 Å². The van der Waals surface area contributed by atoms with Crippen molar-refractivity contribution in [3.05, 3.63) is 23.8 Å². The molecule has 1 saturated carbocycles. The van der Waals surface area contributed by atoms with E-state index in [0.717, 1.165) is 50.3 Å². The summed E-state index contributed by atoms with van der Waals surface area (Å²) >= 11 is 0. The predicted molar refractivity (Wildman–Crippen MR) is 94.0 cm³/mol. The Morgan fingerprint density at radius 2 is 1.78 bits per heavy atom. The van der Waals surface area contributed by atoms with Gasteiger partial charge in [-0.15, -0.1) is 0 Å². The maximum atomic E-state index is 9.77. The van der Waals surface area contributed by atoms with E-state index in [9.17, 15) is 5.26 Å². The van der Waals surface area contributed by atoms with Crippen molar-refractivity contribution < 1.29 is 0 Å². The standard InChI is InChI=1S/C20H31N3/c1-3-5-6-7-9-17-10-12-20(16-21,13-11-17)19-22-14-18(8-4-2)15-23-19/h14-15,17H,3-13H2,1-2H3/t17-,20+. The van der Waals surface area contributed by atoms with Crippen LogP contribution in [-0.4, -0.2) is 9.97 Å². The Morgan fingerprint density at radius 1 is 1.09 bits per heavy atom. The van der Waals surface area contributed by atoms with Crippen LogP contribution in [0.3, 0.4) is 0 Å². The highest BCUT2D eigenvalue weighted by Gasteiger charge is 2.39. The molecule has 23 heavy (non-hydrogen) atoms. The van der Waals surface area contributed by atoms with E-state index in [1.807, 2.05) is 12.4 Å². The summed E-state index contributed by atoms with van der Waals surface area (Å²) in [5.41, 5.74) is 0.735. The number of rotatable bonds is 8. The van der Waals surface area contributed by atoms with Gasteiger partial charge in [0.15, 0.2) is 0 Å². The van der Waals surface area contributed by atoms with Crippen LogP contribution in [0, 0.1) is 17.2 Å². The second kappa shape index (κ2) is 9.01. The molecule has 0 atom stereocenters. The number of hydrogen-bond acceptors (Lipinski definition) is 3. The first-order chi connectivity index (χ1) is 11.2. The zero-order chi connectivity index (χ0) is 16.5. The van der Waals surface area contributed by atoms with E-state index in [1.54, 1.807) is 0 Å². The Labute approximate surface area is 141 Å². The van der Waals surface area contributed by atoms with Crippen LogP contribution in [0.5, 0.6) is 0 Å². The summed E-state index contributed by atoms with van der Waals surface area (Å²) in [4.78, 5) is 9.08. The molecule has 0 aromatic carbocycles. The van der Waals surface area contributed by atoms with E-state index in [1.165, 1.54) is 37.7 Å². The molecule has 1 fully saturated rings. The minimum Gasteiger partial charge on any atom is -0.239 e. The van der Waals surface area contributed by atoms with Gasteiger partial charge in [0.1, 0.15) is 11.2 Å². The average Bonchev–Trinajstić information content (AvgIpc) is 2.60. The number of aryl methyl sites for hydroxylation is 1. The first kappa shape index (κ1) is 17.9. The van der Waals surface area contributed by atoms with Crippen molar-refractivity contribution in [1.29, 1.82) is 5.26 Å².